The summed E-state index contributed by atoms with van der Waals surface area (Å²) in [6, 6.07) is 13.0. The molecular weight excluding hydrogens is 431 g/mol. The number of nitrogens with one attached hydrogen (secondary N) is 2. The van der Waals surface area contributed by atoms with Crippen LogP contribution < -0.4 is 10.7 Å². The van der Waals surface area contributed by atoms with E-state index in [-0.39, 0.29) is 28.4 Å². The van der Waals surface area contributed by atoms with Crippen LogP contribution in [-0.4, -0.2) is 48.6 Å². The van der Waals surface area contributed by atoms with Gasteiger partial charge in [0.25, 0.3) is 11.8 Å². The largest absolute Gasteiger partial charge is 0.352 e. The Morgan fingerprint density at radius 2 is 1.81 bits per heavy atom. The van der Waals surface area contributed by atoms with Crippen LogP contribution in [0.2, 0.25) is 5.02 Å². The van der Waals surface area contributed by atoms with E-state index in [1.54, 1.807) is 18.2 Å². The normalized spacial score (nSPS) is 12.2. The SMILES string of the molecule is CCN(CC)C(CCCCNC(=O)c1ccccc1)C(=O)N/N=C/c1c(F)cccc1Cl. The van der Waals surface area contributed by atoms with Gasteiger partial charge in [0.1, 0.15) is 5.82 Å². The number of hydrogen-bond acceptors (Lipinski definition) is 4. The fourth-order valence-corrected chi connectivity index (χ4v) is 3.58. The molecule has 6 nitrogen and oxygen atoms in total. The first kappa shape index (κ1) is 25.5. The van der Waals surface area contributed by atoms with Gasteiger partial charge in [0, 0.05) is 17.7 Å². The smallest absolute Gasteiger partial charge is 0.257 e. The van der Waals surface area contributed by atoms with E-state index in [0.717, 1.165) is 12.8 Å². The molecule has 172 valence electrons. The van der Waals surface area contributed by atoms with E-state index in [1.807, 2.05) is 36.9 Å². The Hall–Kier alpha value is -2.77. The maximum atomic E-state index is 13.8. The van der Waals surface area contributed by atoms with Crippen molar-refractivity contribution >= 4 is 29.6 Å². The first-order valence-corrected chi connectivity index (χ1v) is 11.2. The van der Waals surface area contributed by atoms with Crippen molar-refractivity contribution in [3.8, 4) is 0 Å². The summed E-state index contributed by atoms with van der Waals surface area (Å²) in [7, 11) is 0. The summed E-state index contributed by atoms with van der Waals surface area (Å²) in [6.45, 7) is 5.94. The molecule has 1 unspecified atom stereocenters. The number of rotatable bonds is 12. The first-order valence-electron chi connectivity index (χ1n) is 10.8. The molecule has 32 heavy (non-hydrogen) atoms. The summed E-state index contributed by atoms with van der Waals surface area (Å²) in [4.78, 5) is 26.9. The molecule has 8 heteroatoms. The van der Waals surface area contributed by atoms with E-state index in [0.29, 0.717) is 31.6 Å². The van der Waals surface area contributed by atoms with E-state index in [2.05, 4.69) is 15.8 Å². The Kier molecular flexibility index (Phi) is 10.8. The second-order valence-corrected chi connectivity index (χ2v) is 7.63. The molecule has 1 atom stereocenters. The summed E-state index contributed by atoms with van der Waals surface area (Å²) in [5.41, 5.74) is 3.26. The van der Waals surface area contributed by atoms with Crippen LogP contribution in [0, 0.1) is 5.82 Å². The van der Waals surface area contributed by atoms with Crippen LogP contribution in [0.3, 0.4) is 0 Å². The minimum atomic E-state index is -0.506. The lowest BCUT2D eigenvalue weighted by atomic mass is 10.1. The molecular formula is C24H30ClFN4O2. The minimum Gasteiger partial charge on any atom is -0.352 e. The zero-order valence-corrected chi connectivity index (χ0v) is 19.2. The Bertz CT molecular complexity index is 884. The van der Waals surface area contributed by atoms with Gasteiger partial charge in [-0.15, -0.1) is 0 Å². The second kappa shape index (κ2) is 13.6. The topological polar surface area (TPSA) is 73.8 Å². The van der Waals surface area contributed by atoms with Gasteiger partial charge < -0.3 is 5.32 Å². The number of halogens is 2. The Morgan fingerprint density at radius 1 is 1.09 bits per heavy atom. The van der Waals surface area contributed by atoms with Crippen molar-refractivity contribution in [2.24, 2.45) is 5.10 Å². The summed E-state index contributed by atoms with van der Waals surface area (Å²) < 4.78 is 13.8. The molecule has 0 spiro atoms. The Balaban J connectivity index is 1.86. The summed E-state index contributed by atoms with van der Waals surface area (Å²) in [5, 5.41) is 7.02. The van der Waals surface area contributed by atoms with Crippen molar-refractivity contribution in [1.82, 2.24) is 15.6 Å². The quantitative estimate of drug-likeness (QED) is 0.282. The summed E-state index contributed by atoms with van der Waals surface area (Å²) in [5.74, 6) is -0.871. The molecule has 0 aromatic heterocycles. The maximum Gasteiger partial charge on any atom is 0.257 e. The Morgan fingerprint density at radius 3 is 2.47 bits per heavy atom. The molecule has 0 radical (unpaired) electrons. The van der Waals surface area contributed by atoms with Gasteiger partial charge in [-0.05, 0) is 56.6 Å². The molecule has 0 aliphatic carbocycles. The van der Waals surface area contributed by atoms with Crippen LogP contribution in [0.15, 0.2) is 53.6 Å². The monoisotopic (exact) mass is 460 g/mol. The third kappa shape index (κ3) is 7.73. The molecule has 0 heterocycles. The molecule has 2 rings (SSSR count). The molecule has 0 aliphatic rings. The highest BCUT2D eigenvalue weighted by Crippen LogP contribution is 2.16. The third-order valence-corrected chi connectivity index (χ3v) is 5.48. The van der Waals surface area contributed by atoms with Gasteiger partial charge in [0.15, 0.2) is 0 Å². The van der Waals surface area contributed by atoms with Crippen molar-refractivity contribution in [1.29, 1.82) is 0 Å². The zero-order valence-electron chi connectivity index (χ0n) is 18.5. The number of carbonyl (C=O) groups is 2. The highest BCUT2D eigenvalue weighted by Gasteiger charge is 2.23. The lowest BCUT2D eigenvalue weighted by molar-refractivity contribution is -0.126. The van der Waals surface area contributed by atoms with Crippen molar-refractivity contribution in [2.45, 2.75) is 39.2 Å². The van der Waals surface area contributed by atoms with Gasteiger partial charge in [0.2, 0.25) is 0 Å². The third-order valence-electron chi connectivity index (χ3n) is 5.15. The predicted molar refractivity (Wildman–Crippen MR) is 126 cm³/mol. The Labute approximate surface area is 193 Å². The number of benzene rings is 2. The summed E-state index contributed by atoms with van der Waals surface area (Å²) >= 11 is 5.98. The molecule has 2 amide bonds. The van der Waals surface area contributed by atoms with Gasteiger partial charge in [0.05, 0.1) is 17.3 Å². The molecule has 2 N–H and O–H groups in total. The fourth-order valence-electron chi connectivity index (χ4n) is 3.37. The van der Waals surface area contributed by atoms with Gasteiger partial charge >= 0.3 is 0 Å². The van der Waals surface area contributed by atoms with E-state index in [4.69, 9.17) is 11.6 Å². The number of hydrogen-bond donors (Lipinski definition) is 2. The van der Waals surface area contributed by atoms with Crippen LogP contribution in [0.5, 0.6) is 0 Å². The fraction of sp³-hybridized carbons (Fsp3) is 0.375. The van der Waals surface area contributed by atoms with E-state index in [9.17, 15) is 14.0 Å². The summed E-state index contributed by atoms with van der Waals surface area (Å²) in [6.07, 6.45) is 3.34. The first-order chi connectivity index (χ1) is 15.5. The van der Waals surface area contributed by atoms with Crippen molar-refractivity contribution in [3.63, 3.8) is 0 Å². The van der Waals surface area contributed by atoms with Crippen molar-refractivity contribution in [2.75, 3.05) is 19.6 Å². The van der Waals surface area contributed by atoms with E-state index >= 15 is 0 Å². The van der Waals surface area contributed by atoms with Gasteiger partial charge in [-0.2, -0.15) is 5.10 Å². The number of nitrogens with zero attached hydrogens (tertiary/aromatic N) is 2. The second-order valence-electron chi connectivity index (χ2n) is 7.22. The minimum absolute atomic E-state index is 0.107. The molecule has 0 saturated carbocycles. The zero-order chi connectivity index (χ0) is 23.3. The van der Waals surface area contributed by atoms with Crippen LogP contribution >= 0.6 is 11.6 Å². The number of hydrazone groups is 1. The lowest BCUT2D eigenvalue weighted by Crippen LogP contribution is -2.45. The molecule has 0 bridgehead atoms. The average molecular weight is 461 g/mol. The van der Waals surface area contributed by atoms with Crippen LogP contribution in [-0.2, 0) is 4.79 Å². The van der Waals surface area contributed by atoms with Gasteiger partial charge in [-0.3, -0.25) is 14.5 Å². The molecule has 0 saturated heterocycles. The number of carbonyl (C=O) groups excluding carboxylic acids is 2. The number of unbranched alkanes of at least 4 members (excludes halogenated alkanes) is 1. The molecule has 0 aliphatic heterocycles. The maximum absolute atomic E-state index is 13.8. The van der Waals surface area contributed by atoms with E-state index in [1.165, 1.54) is 18.3 Å². The lowest BCUT2D eigenvalue weighted by Gasteiger charge is -2.28. The average Bonchev–Trinajstić information content (AvgIpc) is 2.80. The van der Waals surface area contributed by atoms with Crippen LogP contribution in [0.25, 0.3) is 0 Å². The highest BCUT2D eigenvalue weighted by atomic mass is 35.5. The van der Waals surface area contributed by atoms with Crippen LogP contribution in [0.4, 0.5) is 4.39 Å². The van der Waals surface area contributed by atoms with Gasteiger partial charge in [-0.1, -0.05) is 49.7 Å². The molecule has 2 aromatic rings. The highest BCUT2D eigenvalue weighted by molar-refractivity contribution is 6.33. The predicted octanol–water partition coefficient (Wildman–Crippen LogP) is 4.24. The number of likely N-dealkylation sites (N-methyl/N-ethyl adjacent to an activating group) is 1. The van der Waals surface area contributed by atoms with Crippen LogP contribution in [0.1, 0.15) is 49.0 Å². The van der Waals surface area contributed by atoms with E-state index < -0.39 is 5.82 Å². The molecule has 2 aromatic carbocycles. The van der Waals surface area contributed by atoms with Crippen molar-refractivity contribution in [3.05, 3.63) is 70.5 Å². The standard InChI is InChI=1S/C24H30ClFN4O2/c1-3-30(4-2)22(15-8-9-16-27-23(31)18-11-6-5-7-12-18)24(32)29-28-17-19-20(25)13-10-14-21(19)26/h5-7,10-14,17,22H,3-4,8-9,15-16H2,1-2H3,(H,27,31)(H,29,32)/b28-17+. The molecule has 0 fully saturated rings. The van der Waals surface area contributed by atoms with Gasteiger partial charge in [-0.25, -0.2) is 9.82 Å². The van der Waals surface area contributed by atoms with Crippen molar-refractivity contribution < 1.29 is 14.0 Å². The number of amides is 2.